The van der Waals surface area contributed by atoms with Gasteiger partial charge in [-0.15, -0.1) is 21.5 Å². The van der Waals surface area contributed by atoms with Crippen LogP contribution in [0.3, 0.4) is 0 Å². The first kappa shape index (κ1) is 13.0. The zero-order valence-corrected chi connectivity index (χ0v) is 12.5. The van der Waals surface area contributed by atoms with Gasteiger partial charge < -0.3 is 9.72 Å². The van der Waals surface area contributed by atoms with Gasteiger partial charge in [0.25, 0.3) is 0 Å². The van der Waals surface area contributed by atoms with E-state index in [0.29, 0.717) is 11.2 Å². The molecule has 1 N–H and O–H groups in total. The highest BCUT2D eigenvalue weighted by Gasteiger charge is 2.22. The molecule has 108 valence electrons. The van der Waals surface area contributed by atoms with Gasteiger partial charge in [-0.25, -0.2) is 4.79 Å². The van der Waals surface area contributed by atoms with Crippen molar-refractivity contribution in [3.8, 4) is 11.3 Å². The van der Waals surface area contributed by atoms with E-state index in [0.717, 1.165) is 26.9 Å². The van der Waals surface area contributed by atoms with Crippen molar-refractivity contribution in [1.82, 2.24) is 15.2 Å². The third-order valence-corrected chi connectivity index (χ3v) is 4.48. The minimum atomic E-state index is -0.408. The van der Waals surface area contributed by atoms with Gasteiger partial charge in [0.15, 0.2) is 0 Å². The normalized spacial score (nSPS) is 11.1. The molecule has 6 heteroatoms. The number of fused-ring (bicyclic) bond motifs is 3. The van der Waals surface area contributed by atoms with Gasteiger partial charge in [-0.2, -0.15) is 0 Å². The monoisotopic (exact) mass is 309 g/mol. The highest BCUT2D eigenvalue weighted by Crippen LogP contribution is 2.35. The molecule has 0 aliphatic heterocycles. The number of esters is 1. The molecule has 0 unspecified atom stereocenters. The van der Waals surface area contributed by atoms with Crippen molar-refractivity contribution < 1.29 is 9.53 Å². The van der Waals surface area contributed by atoms with Crippen LogP contribution in [0.2, 0.25) is 0 Å². The first-order chi connectivity index (χ1) is 10.8. The second kappa shape index (κ2) is 4.92. The third-order valence-electron chi connectivity index (χ3n) is 3.55. The number of nitrogens with one attached hydrogen (secondary N) is 1. The molecule has 0 spiro atoms. The van der Waals surface area contributed by atoms with Crippen molar-refractivity contribution in [3.05, 3.63) is 47.5 Å². The van der Waals surface area contributed by atoms with Crippen molar-refractivity contribution in [2.24, 2.45) is 0 Å². The molecule has 22 heavy (non-hydrogen) atoms. The molecule has 0 amide bonds. The Balaban J connectivity index is 2.13. The van der Waals surface area contributed by atoms with Crippen molar-refractivity contribution in [2.75, 3.05) is 7.11 Å². The van der Waals surface area contributed by atoms with Gasteiger partial charge in [0.05, 0.1) is 22.9 Å². The number of ether oxygens (including phenoxy) is 1. The number of methoxy groups -OCH3 is 1. The molecule has 4 rings (SSSR count). The van der Waals surface area contributed by atoms with Crippen LogP contribution in [0.1, 0.15) is 10.5 Å². The molecule has 5 nitrogen and oxygen atoms in total. The van der Waals surface area contributed by atoms with Crippen LogP contribution in [0.15, 0.2) is 41.8 Å². The number of hydrogen-bond acceptors (Lipinski definition) is 5. The molecule has 3 aromatic heterocycles. The Morgan fingerprint density at radius 2 is 2.00 bits per heavy atom. The summed E-state index contributed by atoms with van der Waals surface area (Å²) in [5.41, 5.74) is 3.60. The second-order valence-corrected chi connectivity index (χ2v) is 5.71. The van der Waals surface area contributed by atoms with Crippen molar-refractivity contribution >= 4 is 38.4 Å². The zero-order valence-electron chi connectivity index (χ0n) is 11.7. The van der Waals surface area contributed by atoms with E-state index in [2.05, 4.69) is 15.2 Å². The van der Waals surface area contributed by atoms with E-state index in [1.807, 2.05) is 41.8 Å². The summed E-state index contributed by atoms with van der Waals surface area (Å²) in [6.07, 6.45) is 0. The molecule has 4 aromatic rings. The maximum atomic E-state index is 12.1. The number of H-pyrrole nitrogens is 1. The fraction of sp³-hybridized carbons (Fsp3) is 0.0625. The topological polar surface area (TPSA) is 67.9 Å². The van der Waals surface area contributed by atoms with E-state index in [1.165, 1.54) is 18.4 Å². The molecular weight excluding hydrogens is 298 g/mol. The Kier molecular flexibility index (Phi) is 2.90. The van der Waals surface area contributed by atoms with Gasteiger partial charge in [0.2, 0.25) is 0 Å². The quantitative estimate of drug-likeness (QED) is 0.574. The summed E-state index contributed by atoms with van der Waals surface area (Å²) in [6, 6.07) is 11.6. The van der Waals surface area contributed by atoms with Gasteiger partial charge >= 0.3 is 5.97 Å². The number of carbonyl (C=O) groups is 1. The number of carbonyl (C=O) groups excluding carboxylic acids is 1. The number of nitrogens with zero attached hydrogens (tertiary/aromatic N) is 2. The van der Waals surface area contributed by atoms with Crippen LogP contribution in [0, 0.1) is 0 Å². The van der Waals surface area contributed by atoms with E-state index in [1.54, 1.807) is 0 Å². The summed E-state index contributed by atoms with van der Waals surface area (Å²) in [6.45, 7) is 0. The molecule has 0 radical (unpaired) electrons. The summed E-state index contributed by atoms with van der Waals surface area (Å²) < 4.78 is 5.84. The van der Waals surface area contributed by atoms with Crippen LogP contribution < -0.4 is 0 Å². The van der Waals surface area contributed by atoms with E-state index < -0.39 is 5.97 Å². The van der Waals surface area contributed by atoms with Crippen LogP contribution in [0.4, 0.5) is 0 Å². The Hall–Kier alpha value is -2.73. The average Bonchev–Trinajstić information content (AvgIpc) is 3.18. The largest absolute Gasteiger partial charge is 0.464 e. The Morgan fingerprint density at radius 3 is 2.77 bits per heavy atom. The molecule has 3 heterocycles. The van der Waals surface area contributed by atoms with Gasteiger partial charge in [-0.05, 0) is 11.4 Å². The van der Waals surface area contributed by atoms with Crippen LogP contribution >= 0.6 is 11.3 Å². The van der Waals surface area contributed by atoms with Gasteiger partial charge in [-0.1, -0.05) is 30.3 Å². The number of aromatic amines is 1. The van der Waals surface area contributed by atoms with E-state index in [-0.39, 0.29) is 0 Å². The maximum Gasteiger partial charge on any atom is 0.355 e. The van der Waals surface area contributed by atoms with Crippen LogP contribution in [0.25, 0.3) is 32.4 Å². The minimum Gasteiger partial charge on any atom is -0.464 e. The lowest BCUT2D eigenvalue weighted by atomic mass is 10.1. The molecule has 1 aromatic carbocycles. The van der Waals surface area contributed by atoms with E-state index in [9.17, 15) is 4.79 Å². The molecule has 0 aliphatic carbocycles. The number of aromatic nitrogens is 3. The second-order valence-electron chi connectivity index (χ2n) is 4.79. The maximum absolute atomic E-state index is 12.1. The van der Waals surface area contributed by atoms with Crippen molar-refractivity contribution in [1.29, 1.82) is 0 Å². The van der Waals surface area contributed by atoms with Gasteiger partial charge in [-0.3, -0.25) is 0 Å². The molecule has 0 saturated heterocycles. The predicted molar refractivity (Wildman–Crippen MR) is 86.0 cm³/mol. The minimum absolute atomic E-state index is 0.408. The van der Waals surface area contributed by atoms with Crippen LogP contribution in [-0.2, 0) is 4.74 Å². The van der Waals surface area contributed by atoms with Crippen LogP contribution in [-0.4, -0.2) is 28.3 Å². The molecule has 0 bridgehead atoms. The Labute approximate surface area is 129 Å². The van der Waals surface area contributed by atoms with Crippen molar-refractivity contribution in [2.45, 2.75) is 0 Å². The number of rotatable bonds is 2. The lowest BCUT2D eigenvalue weighted by Crippen LogP contribution is -2.02. The zero-order chi connectivity index (χ0) is 15.1. The lowest BCUT2D eigenvalue weighted by Gasteiger charge is -1.97. The highest BCUT2D eigenvalue weighted by molar-refractivity contribution is 7.18. The lowest BCUT2D eigenvalue weighted by molar-refractivity contribution is 0.0597. The summed E-state index contributed by atoms with van der Waals surface area (Å²) in [5.74, 6) is -0.408. The molecule has 0 fully saturated rings. The third kappa shape index (κ3) is 1.81. The van der Waals surface area contributed by atoms with Crippen LogP contribution in [0.5, 0.6) is 0 Å². The van der Waals surface area contributed by atoms with Crippen molar-refractivity contribution in [3.63, 3.8) is 0 Å². The molecule has 0 saturated carbocycles. The summed E-state index contributed by atoms with van der Waals surface area (Å²) in [4.78, 5) is 15.3. The fourth-order valence-electron chi connectivity index (χ4n) is 2.55. The molecule has 0 aliphatic rings. The number of benzene rings is 1. The number of hydrogen-bond donors (Lipinski definition) is 1. The van der Waals surface area contributed by atoms with E-state index in [4.69, 9.17) is 4.74 Å². The highest BCUT2D eigenvalue weighted by atomic mass is 32.1. The summed E-state index contributed by atoms with van der Waals surface area (Å²) in [5, 5.41) is 11.3. The smallest absolute Gasteiger partial charge is 0.355 e. The van der Waals surface area contributed by atoms with Gasteiger partial charge in [0.1, 0.15) is 16.7 Å². The SMILES string of the molecule is COC(=O)c1[nH]c(-c2ccccc2)c2nnc3ccsc3c12. The van der Waals surface area contributed by atoms with Gasteiger partial charge in [0, 0.05) is 5.56 Å². The standard InChI is InChI=1S/C16H11N3O2S/c1-21-16(20)14-11-13(19-18-10-7-8-22-15(10)11)12(17-14)9-5-3-2-4-6-9/h2-8,17H,1H3. The Morgan fingerprint density at radius 1 is 1.18 bits per heavy atom. The molecular formula is C16H11N3O2S. The fourth-order valence-corrected chi connectivity index (χ4v) is 3.43. The first-order valence-corrected chi connectivity index (χ1v) is 7.57. The predicted octanol–water partition coefficient (Wildman–Crippen LogP) is 3.63. The molecule has 0 atom stereocenters. The number of thiophene rings is 1. The Bertz CT molecular complexity index is 989. The summed E-state index contributed by atoms with van der Waals surface area (Å²) in [7, 11) is 1.37. The average molecular weight is 309 g/mol. The van der Waals surface area contributed by atoms with E-state index >= 15 is 0 Å². The summed E-state index contributed by atoms with van der Waals surface area (Å²) >= 11 is 1.54. The first-order valence-electron chi connectivity index (χ1n) is 6.69.